The van der Waals surface area contributed by atoms with Crippen LogP contribution in [0, 0.1) is 0 Å². The zero-order valence-electron chi connectivity index (χ0n) is 10.8. The molecule has 2 aromatic rings. The van der Waals surface area contributed by atoms with Gasteiger partial charge in [-0.1, -0.05) is 18.2 Å². The number of hydrogen-bond donors (Lipinski definition) is 1. The molecule has 20 heavy (non-hydrogen) atoms. The number of esters is 1. The lowest BCUT2D eigenvalue weighted by Crippen LogP contribution is -2.07. The molecule has 0 bridgehead atoms. The topological polar surface area (TPSA) is 51.0 Å². The molecule has 0 aromatic heterocycles. The predicted octanol–water partition coefficient (Wildman–Crippen LogP) is 4.33. The summed E-state index contributed by atoms with van der Waals surface area (Å²) in [6.07, 6.45) is 0.290. The Labute approximate surface area is 122 Å². The second kappa shape index (κ2) is 7.45. The Bertz CT molecular complexity index is 583. The molecule has 0 heterocycles. The summed E-state index contributed by atoms with van der Waals surface area (Å²) in [5.74, 6) is 0.677. The van der Waals surface area contributed by atoms with Crippen LogP contribution in [0.4, 0.5) is 11.4 Å². The molecule has 5 heteroatoms. The van der Waals surface area contributed by atoms with Crippen molar-refractivity contribution in [3.05, 3.63) is 54.6 Å². The van der Waals surface area contributed by atoms with Crippen LogP contribution in [0.15, 0.2) is 64.8 Å². The Hall–Kier alpha value is -2.14. The Morgan fingerprint density at radius 2 is 1.55 bits per heavy atom. The average molecular weight is 286 g/mol. The maximum atomic E-state index is 11.3. The lowest BCUT2D eigenvalue weighted by molar-refractivity contribution is -0.133. The summed E-state index contributed by atoms with van der Waals surface area (Å²) in [6, 6.07) is 16.3. The maximum absolute atomic E-state index is 11.3. The molecule has 102 valence electrons. The summed E-state index contributed by atoms with van der Waals surface area (Å²) in [4.78, 5) is 11.3. The van der Waals surface area contributed by atoms with Crippen molar-refractivity contribution in [1.82, 2.24) is 0 Å². The van der Waals surface area contributed by atoms with Gasteiger partial charge >= 0.3 is 5.97 Å². The summed E-state index contributed by atoms with van der Waals surface area (Å²) in [5, 5.41) is 8.21. The third kappa shape index (κ3) is 4.51. The van der Waals surface area contributed by atoms with E-state index in [-0.39, 0.29) is 5.97 Å². The fourth-order valence-electron chi connectivity index (χ4n) is 1.46. The second-order valence-corrected chi connectivity index (χ2v) is 4.42. The number of carbonyl (C=O) groups excluding carboxylic acids is 1. The molecule has 0 saturated heterocycles. The molecule has 0 saturated carbocycles. The lowest BCUT2D eigenvalue weighted by atomic mass is 10.3. The van der Waals surface area contributed by atoms with Gasteiger partial charge in [-0.2, -0.15) is 22.9 Å². The molecule has 0 aliphatic carbocycles. The van der Waals surface area contributed by atoms with Gasteiger partial charge in [0.2, 0.25) is 0 Å². The van der Waals surface area contributed by atoms with Crippen molar-refractivity contribution in [1.29, 1.82) is 0 Å². The van der Waals surface area contributed by atoms with Crippen molar-refractivity contribution in [2.24, 2.45) is 10.2 Å². The van der Waals surface area contributed by atoms with E-state index in [9.17, 15) is 4.79 Å². The minimum Gasteiger partial charge on any atom is -0.427 e. The third-order valence-corrected chi connectivity index (χ3v) is 2.65. The van der Waals surface area contributed by atoms with Gasteiger partial charge in [0.1, 0.15) is 5.75 Å². The number of hydrogen-bond acceptors (Lipinski definition) is 5. The van der Waals surface area contributed by atoms with Crippen LogP contribution in [0.5, 0.6) is 5.75 Å². The van der Waals surface area contributed by atoms with Crippen molar-refractivity contribution >= 4 is 30.0 Å². The van der Waals surface area contributed by atoms with Crippen LogP contribution >= 0.6 is 12.6 Å². The predicted molar refractivity (Wildman–Crippen MR) is 81.2 cm³/mol. The quantitative estimate of drug-likeness (QED) is 0.385. The highest BCUT2D eigenvalue weighted by atomic mass is 32.1. The fourth-order valence-corrected chi connectivity index (χ4v) is 1.65. The second-order valence-electron chi connectivity index (χ2n) is 3.98. The van der Waals surface area contributed by atoms with Crippen LogP contribution in [0.1, 0.15) is 6.42 Å². The van der Waals surface area contributed by atoms with Crippen molar-refractivity contribution < 1.29 is 9.53 Å². The highest BCUT2D eigenvalue weighted by molar-refractivity contribution is 7.80. The Morgan fingerprint density at radius 3 is 2.15 bits per heavy atom. The Balaban J connectivity index is 1.98. The van der Waals surface area contributed by atoms with Gasteiger partial charge in [-0.3, -0.25) is 4.79 Å². The molecule has 0 atom stereocenters. The number of nitrogens with zero attached hydrogens (tertiary/aromatic N) is 2. The van der Waals surface area contributed by atoms with E-state index in [0.29, 0.717) is 23.6 Å². The summed E-state index contributed by atoms with van der Waals surface area (Å²) in [7, 11) is 0. The monoisotopic (exact) mass is 286 g/mol. The van der Waals surface area contributed by atoms with E-state index in [2.05, 4.69) is 22.9 Å². The number of rotatable bonds is 5. The molecule has 0 spiro atoms. The zero-order valence-corrected chi connectivity index (χ0v) is 11.7. The molecule has 2 aromatic carbocycles. The summed E-state index contributed by atoms with van der Waals surface area (Å²) >= 11 is 3.98. The largest absolute Gasteiger partial charge is 0.427 e. The summed E-state index contributed by atoms with van der Waals surface area (Å²) in [5.41, 5.74) is 1.49. The number of benzene rings is 2. The van der Waals surface area contributed by atoms with Gasteiger partial charge in [0, 0.05) is 5.75 Å². The SMILES string of the molecule is O=C(CCS)Oc1ccc(N=Nc2ccccc2)cc1. The first-order valence-electron chi connectivity index (χ1n) is 6.16. The van der Waals surface area contributed by atoms with Crippen LogP contribution in [0.25, 0.3) is 0 Å². The lowest BCUT2D eigenvalue weighted by Gasteiger charge is -2.02. The van der Waals surface area contributed by atoms with Crippen LogP contribution in [-0.2, 0) is 4.79 Å². The molecular weight excluding hydrogens is 272 g/mol. The van der Waals surface area contributed by atoms with Crippen LogP contribution in [0.2, 0.25) is 0 Å². The fraction of sp³-hybridized carbons (Fsp3) is 0.133. The number of thiol groups is 1. The zero-order chi connectivity index (χ0) is 14.2. The molecule has 0 N–H and O–H groups in total. The van der Waals surface area contributed by atoms with Crippen LogP contribution in [0.3, 0.4) is 0 Å². The minimum absolute atomic E-state index is 0.290. The first-order valence-corrected chi connectivity index (χ1v) is 6.79. The summed E-state index contributed by atoms with van der Waals surface area (Å²) in [6.45, 7) is 0. The highest BCUT2D eigenvalue weighted by Gasteiger charge is 2.03. The molecule has 0 amide bonds. The maximum Gasteiger partial charge on any atom is 0.312 e. The van der Waals surface area contributed by atoms with Crippen molar-refractivity contribution in [2.75, 3.05) is 5.75 Å². The number of azo groups is 1. The number of ether oxygens (including phenoxy) is 1. The molecule has 0 aliphatic heterocycles. The summed E-state index contributed by atoms with van der Waals surface area (Å²) < 4.78 is 5.11. The van der Waals surface area contributed by atoms with Crippen molar-refractivity contribution in [3.8, 4) is 5.75 Å². The van der Waals surface area contributed by atoms with Crippen LogP contribution in [-0.4, -0.2) is 11.7 Å². The normalized spacial score (nSPS) is 10.7. The average Bonchev–Trinajstić information content (AvgIpc) is 2.48. The van der Waals surface area contributed by atoms with E-state index in [1.165, 1.54) is 0 Å². The van der Waals surface area contributed by atoms with Gasteiger partial charge < -0.3 is 4.74 Å². The van der Waals surface area contributed by atoms with E-state index in [0.717, 1.165) is 5.69 Å². The van der Waals surface area contributed by atoms with Crippen molar-refractivity contribution in [2.45, 2.75) is 6.42 Å². The molecule has 0 fully saturated rings. The van der Waals surface area contributed by atoms with Crippen LogP contribution < -0.4 is 4.74 Å². The van der Waals surface area contributed by atoms with Gasteiger partial charge in [-0.25, -0.2) is 0 Å². The molecular formula is C15H14N2O2S. The van der Waals surface area contributed by atoms with E-state index in [1.54, 1.807) is 24.3 Å². The van der Waals surface area contributed by atoms with Gasteiger partial charge in [-0.05, 0) is 36.4 Å². The van der Waals surface area contributed by atoms with Gasteiger partial charge in [-0.15, -0.1) is 0 Å². The Morgan fingerprint density at radius 1 is 0.950 bits per heavy atom. The molecule has 4 nitrogen and oxygen atoms in total. The van der Waals surface area contributed by atoms with Gasteiger partial charge in [0.15, 0.2) is 0 Å². The third-order valence-electron chi connectivity index (χ3n) is 2.42. The van der Waals surface area contributed by atoms with E-state index < -0.39 is 0 Å². The standard InChI is InChI=1S/C15H14N2O2S/c18-15(10-11-20)19-14-8-6-13(7-9-14)17-16-12-4-2-1-3-5-12/h1-9,20H,10-11H2. The van der Waals surface area contributed by atoms with E-state index in [4.69, 9.17) is 4.74 Å². The van der Waals surface area contributed by atoms with E-state index in [1.807, 2.05) is 30.3 Å². The number of carbonyl (C=O) groups is 1. The molecule has 0 unspecified atom stereocenters. The highest BCUT2D eigenvalue weighted by Crippen LogP contribution is 2.21. The van der Waals surface area contributed by atoms with Gasteiger partial charge in [0.05, 0.1) is 17.8 Å². The first-order chi connectivity index (χ1) is 9.78. The minimum atomic E-state index is -0.293. The molecule has 2 rings (SSSR count). The first kappa shape index (κ1) is 14.3. The van der Waals surface area contributed by atoms with Gasteiger partial charge in [0.25, 0.3) is 0 Å². The Kier molecular flexibility index (Phi) is 5.32. The molecule has 0 radical (unpaired) electrons. The van der Waals surface area contributed by atoms with Crippen molar-refractivity contribution in [3.63, 3.8) is 0 Å². The molecule has 0 aliphatic rings. The van der Waals surface area contributed by atoms with E-state index >= 15 is 0 Å². The smallest absolute Gasteiger partial charge is 0.312 e.